The Kier molecular flexibility index (Phi) is 6.09. The minimum atomic E-state index is 0.200. The van der Waals surface area contributed by atoms with E-state index in [9.17, 15) is 0 Å². The molecule has 0 atom stereocenters. The topological polar surface area (TPSA) is 21.3 Å². The fraction of sp³-hybridized carbons (Fsp3) is 0.429. The van der Waals surface area contributed by atoms with Crippen molar-refractivity contribution >= 4 is 5.69 Å². The van der Waals surface area contributed by atoms with Crippen molar-refractivity contribution in [3.05, 3.63) is 59.7 Å². The van der Waals surface area contributed by atoms with Crippen LogP contribution in [0.3, 0.4) is 0 Å². The molecule has 1 N–H and O–H groups in total. The molecule has 0 saturated heterocycles. The van der Waals surface area contributed by atoms with E-state index in [4.69, 9.17) is 4.74 Å². The number of nitrogens with one attached hydrogen (secondary N) is 1. The van der Waals surface area contributed by atoms with E-state index in [1.54, 1.807) is 0 Å². The molecule has 0 fully saturated rings. The second-order valence-electron chi connectivity index (χ2n) is 7.00. The fourth-order valence-electron chi connectivity index (χ4n) is 2.38. The van der Waals surface area contributed by atoms with Crippen molar-refractivity contribution in [2.24, 2.45) is 0 Å². The summed E-state index contributed by atoms with van der Waals surface area (Å²) in [6.07, 6.45) is 2.23. The third-order valence-electron chi connectivity index (χ3n) is 3.95. The zero-order chi connectivity index (χ0) is 16.7. The zero-order valence-electron chi connectivity index (χ0n) is 14.9. The summed E-state index contributed by atoms with van der Waals surface area (Å²) in [5.74, 6) is 0.937. The molecule has 124 valence electrons. The van der Waals surface area contributed by atoms with Crippen molar-refractivity contribution in [2.45, 2.75) is 52.5 Å². The van der Waals surface area contributed by atoms with Gasteiger partial charge in [-0.2, -0.15) is 0 Å². The van der Waals surface area contributed by atoms with Gasteiger partial charge in [-0.25, -0.2) is 0 Å². The van der Waals surface area contributed by atoms with Crippen molar-refractivity contribution in [2.75, 3.05) is 11.9 Å². The maximum Gasteiger partial charge on any atom is 0.142 e. The molecule has 2 heteroatoms. The first-order valence-electron chi connectivity index (χ1n) is 8.56. The zero-order valence-corrected chi connectivity index (χ0v) is 14.9. The van der Waals surface area contributed by atoms with Crippen LogP contribution >= 0.6 is 0 Å². The molecule has 2 aromatic rings. The predicted molar refractivity (Wildman–Crippen MR) is 99.3 cm³/mol. The summed E-state index contributed by atoms with van der Waals surface area (Å²) in [4.78, 5) is 0. The van der Waals surface area contributed by atoms with Crippen LogP contribution in [0.1, 0.15) is 51.7 Å². The lowest BCUT2D eigenvalue weighted by Crippen LogP contribution is -2.11. The van der Waals surface area contributed by atoms with Crippen LogP contribution in [0.5, 0.6) is 5.75 Å². The lowest BCUT2D eigenvalue weighted by Gasteiger charge is -2.19. The lowest BCUT2D eigenvalue weighted by molar-refractivity contribution is 0.310. The molecule has 2 rings (SSSR count). The molecule has 0 amide bonds. The summed E-state index contributed by atoms with van der Waals surface area (Å²) < 4.78 is 5.87. The number of unbranched alkanes of at least 4 members (excludes halogenated alkanes) is 1. The summed E-state index contributed by atoms with van der Waals surface area (Å²) in [6.45, 7) is 10.5. The van der Waals surface area contributed by atoms with Gasteiger partial charge in [-0.3, -0.25) is 0 Å². The van der Waals surface area contributed by atoms with Gasteiger partial charge < -0.3 is 10.1 Å². The van der Waals surface area contributed by atoms with Crippen LogP contribution in [0.25, 0.3) is 0 Å². The average Bonchev–Trinajstić information content (AvgIpc) is 2.54. The highest BCUT2D eigenvalue weighted by Gasteiger charge is 2.12. The monoisotopic (exact) mass is 311 g/mol. The minimum absolute atomic E-state index is 0.200. The molecule has 0 saturated carbocycles. The molecular weight excluding hydrogens is 282 g/mol. The van der Waals surface area contributed by atoms with Gasteiger partial charge in [0.15, 0.2) is 0 Å². The second kappa shape index (κ2) is 8.05. The van der Waals surface area contributed by atoms with Gasteiger partial charge >= 0.3 is 0 Å². The van der Waals surface area contributed by atoms with Crippen LogP contribution in [0.15, 0.2) is 48.5 Å². The van der Waals surface area contributed by atoms with E-state index in [1.165, 1.54) is 11.1 Å². The first kappa shape index (κ1) is 17.4. The van der Waals surface area contributed by atoms with Gasteiger partial charge in [0.05, 0.1) is 12.3 Å². The normalized spacial score (nSPS) is 11.3. The van der Waals surface area contributed by atoms with Crippen LogP contribution < -0.4 is 10.1 Å². The third-order valence-corrected chi connectivity index (χ3v) is 3.95. The van der Waals surface area contributed by atoms with Crippen molar-refractivity contribution in [1.29, 1.82) is 0 Å². The summed E-state index contributed by atoms with van der Waals surface area (Å²) in [5, 5.41) is 3.49. The van der Waals surface area contributed by atoms with E-state index in [-0.39, 0.29) is 5.41 Å². The minimum Gasteiger partial charge on any atom is -0.491 e. The molecule has 0 aromatic heterocycles. The van der Waals surface area contributed by atoms with Crippen molar-refractivity contribution in [3.63, 3.8) is 0 Å². The lowest BCUT2D eigenvalue weighted by atomic mass is 9.87. The van der Waals surface area contributed by atoms with Gasteiger partial charge in [-0.15, -0.1) is 0 Å². The number of rotatable bonds is 7. The van der Waals surface area contributed by atoms with Gasteiger partial charge in [0, 0.05) is 6.54 Å². The molecule has 0 bridgehead atoms. The summed E-state index contributed by atoms with van der Waals surface area (Å²) in [7, 11) is 0. The molecule has 2 aromatic carbocycles. The van der Waals surface area contributed by atoms with Crippen LogP contribution in [-0.4, -0.2) is 6.61 Å². The molecule has 0 heterocycles. The Hall–Kier alpha value is -1.96. The van der Waals surface area contributed by atoms with E-state index in [0.717, 1.165) is 37.4 Å². The Morgan fingerprint density at radius 3 is 2.30 bits per heavy atom. The van der Waals surface area contributed by atoms with Gasteiger partial charge in [0.1, 0.15) is 5.75 Å². The molecule has 0 unspecified atom stereocenters. The van der Waals surface area contributed by atoms with Crippen molar-refractivity contribution in [3.8, 4) is 5.75 Å². The van der Waals surface area contributed by atoms with Crippen LogP contribution in [0.2, 0.25) is 0 Å². The molecule has 0 aliphatic rings. The van der Waals surface area contributed by atoms with E-state index >= 15 is 0 Å². The second-order valence-corrected chi connectivity index (χ2v) is 7.00. The highest BCUT2D eigenvalue weighted by atomic mass is 16.5. The smallest absolute Gasteiger partial charge is 0.142 e. The quantitative estimate of drug-likeness (QED) is 0.655. The number of hydrogen-bond acceptors (Lipinski definition) is 2. The highest BCUT2D eigenvalue weighted by molar-refractivity contribution is 5.56. The molecule has 23 heavy (non-hydrogen) atoms. The largest absolute Gasteiger partial charge is 0.491 e. The standard InChI is InChI=1S/C21H29NO/c1-5-6-15-23-20-10-8-7-9-19(20)22-16-17-11-13-18(14-12-17)21(2,3)4/h7-14,22H,5-6,15-16H2,1-4H3. The first-order chi connectivity index (χ1) is 11.0. The van der Waals surface area contributed by atoms with Crippen molar-refractivity contribution in [1.82, 2.24) is 0 Å². The van der Waals surface area contributed by atoms with Crippen LogP contribution in [-0.2, 0) is 12.0 Å². The molecule has 0 spiro atoms. The Morgan fingerprint density at radius 1 is 0.957 bits per heavy atom. The fourth-order valence-corrected chi connectivity index (χ4v) is 2.38. The Morgan fingerprint density at radius 2 is 1.65 bits per heavy atom. The number of para-hydroxylation sites is 2. The maximum absolute atomic E-state index is 5.87. The van der Waals surface area contributed by atoms with Gasteiger partial charge in [0.25, 0.3) is 0 Å². The molecule has 0 radical (unpaired) electrons. The predicted octanol–water partition coefficient (Wildman–Crippen LogP) is 5.78. The molecule has 0 aliphatic carbocycles. The average molecular weight is 311 g/mol. The summed E-state index contributed by atoms with van der Waals surface area (Å²) in [5.41, 5.74) is 3.90. The summed E-state index contributed by atoms with van der Waals surface area (Å²) >= 11 is 0. The maximum atomic E-state index is 5.87. The highest BCUT2D eigenvalue weighted by Crippen LogP contribution is 2.25. The molecule has 2 nitrogen and oxygen atoms in total. The SMILES string of the molecule is CCCCOc1ccccc1NCc1ccc(C(C)(C)C)cc1. The molecule has 0 aliphatic heterocycles. The number of ether oxygens (including phenoxy) is 1. The number of benzene rings is 2. The Balaban J connectivity index is 1.98. The van der Waals surface area contributed by atoms with Crippen LogP contribution in [0, 0.1) is 0 Å². The summed E-state index contributed by atoms with van der Waals surface area (Å²) in [6, 6.07) is 17.0. The van der Waals surface area contributed by atoms with Gasteiger partial charge in [-0.1, -0.05) is 70.5 Å². The van der Waals surface area contributed by atoms with Gasteiger partial charge in [-0.05, 0) is 35.1 Å². The number of hydrogen-bond donors (Lipinski definition) is 1. The van der Waals surface area contributed by atoms with Gasteiger partial charge in [0.2, 0.25) is 0 Å². The first-order valence-corrected chi connectivity index (χ1v) is 8.56. The van der Waals surface area contributed by atoms with E-state index in [1.807, 2.05) is 18.2 Å². The van der Waals surface area contributed by atoms with E-state index in [0.29, 0.717) is 0 Å². The van der Waals surface area contributed by atoms with Crippen LogP contribution in [0.4, 0.5) is 5.69 Å². The van der Waals surface area contributed by atoms with Crippen molar-refractivity contribution < 1.29 is 4.74 Å². The number of anilines is 1. The van der Waals surface area contributed by atoms with E-state index in [2.05, 4.69) is 63.3 Å². The molecular formula is C21H29NO. The van der Waals surface area contributed by atoms with E-state index < -0.39 is 0 Å². The third kappa shape index (κ3) is 5.31. The Labute approximate surface area is 140 Å². The Bertz CT molecular complexity index is 596.